The first-order chi connectivity index (χ1) is 19.3. The first-order valence-electron chi connectivity index (χ1n) is 14.6. The van der Waals surface area contributed by atoms with E-state index in [1.54, 1.807) is 24.7 Å². The molecule has 2 aromatic heterocycles. The Balaban J connectivity index is 2.19. The lowest BCUT2D eigenvalue weighted by atomic mass is 9.99. The SMILES string of the molecule is CCCCCCOC(=O)C(C)(C)NP(=O)(CO[C@@H](C)Cn1cnc2c(N)ncnc21)ON=C(CC(C)C)CC(C)C. The van der Waals surface area contributed by atoms with Crippen molar-refractivity contribution in [1.29, 1.82) is 0 Å². The number of ether oxygens (including phenoxy) is 2. The fourth-order valence-corrected chi connectivity index (χ4v) is 6.03. The average Bonchev–Trinajstić information content (AvgIpc) is 3.29. The number of oxime groups is 1. The van der Waals surface area contributed by atoms with Gasteiger partial charge in [-0.25, -0.2) is 20.0 Å². The maximum Gasteiger partial charge on any atom is 0.365 e. The highest BCUT2D eigenvalue weighted by Gasteiger charge is 2.40. The molecule has 0 amide bonds. The number of aromatic nitrogens is 4. The number of hydrogen-bond acceptors (Lipinski definition) is 10. The number of nitrogens with zero attached hydrogens (tertiary/aromatic N) is 5. The first kappa shape index (κ1) is 34.6. The van der Waals surface area contributed by atoms with Crippen molar-refractivity contribution in [3.05, 3.63) is 12.7 Å². The van der Waals surface area contributed by atoms with Gasteiger partial charge in [0.15, 0.2) is 11.5 Å². The predicted molar refractivity (Wildman–Crippen MR) is 163 cm³/mol. The molecule has 12 nitrogen and oxygen atoms in total. The van der Waals surface area contributed by atoms with E-state index in [4.69, 9.17) is 19.8 Å². The molecule has 2 aromatic rings. The van der Waals surface area contributed by atoms with Gasteiger partial charge >= 0.3 is 13.5 Å². The maximum absolute atomic E-state index is 14.2. The van der Waals surface area contributed by atoms with Crippen LogP contribution in [-0.4, -0.2) is 55.8 Å². The summed E-state index contributed by atoms with van der Waals surface area (Å²) in [6.07, 6.45) is 7.61. The third-order valence-electron chi connectivity index (χ3n) is 6.19. The van der Waals surface area contributed by atoms with Crippen LogP contribution in [0.1, 0.15) is 93.9 Å². The van der Waals surface area contributed by atoms with Gasteiger partial charge in [0.05, 0.1) is 31.3 Å². The van der Waals surface area contributed by atoms with Gasteiger partial charge in [0.1, 0.15) is 23.7 Å². The van der Waals surface area contributed by atoms with E-state index in [1.165, 1.54) is 6.33 Å². The molecule has 0 saturated heterocycles. The van der Waals surface area contributed by atoms with Crippen molar-refractivity contribution in [1.82, 2.24) is 24.6 Å². The van der Waals surface area contributed by atoms with E-state index in [-0.39, 0.29) is 6.35 Å². The van der Waals surface area contributed by atoms with Crippen LogP contribution in [0.2, 0.25) is 0 Å². The van der Waals surface area contributed by atoms with Crippen LogP contribution in [0, 0.1) is 11.8 Å². The second-order valence-electron chi connectivity index (χ2n) is 12.0. The summed E-state index contributed by atoms with van der Waals surface area (Å²) >= 11 is 0. The Kier molecular flexibility index (Phi) is 13.7. The molecule has 2 heterocycles. The number of fused-ring (bicyclic) bond motifs is 1. The fourth-order valence-electron chi connectivity index (χ4n) is 4.23. The molecule has 0 aromatic carbocycles. The molecule has 232 valence electrons. The molecule has 0 spiro atoms. The molecule has 2 atom stereocenters. The van der Waals surface area contributed by atoms with Crippen LogP contribution < -0.4 is 10.8 Å². The maximum atomic E-state index is 14.2. The summed E-state index contributed by atoms with van der Waals surface area (Å²) in [5.74, 6) is 0.477. The number of rotatable bonds is 19. The summed E-state index contributed by atoms with van der Waals surface area (Å²) < 4.78 is 33.2. The molecule has 0 fully saturated rings. The number of nitrogens with two attached hydrogens (primary N) is 1. The number of hydrogen-bond donors (Lipinski definition) is 2. The van der Waals surface area contributed by atoms with Crippen molar-refractivity contribution >= 4 is 36.2 Å². The molecule has 2 rings (SSSR count). The van der Waals surface area contributed by atoms with Gasteiger partial charge in [-0.15, -0.1) is 0 Å². The monoisotopic (exact) mass is 595 g/mol. The molecule has 41 heavy (non-hydrogen) atoms. The largest absolute Gasteiger partial charge is 0.464 e. The number of anilines is 1. The molecule has 1 unspecified atom stereocenters. The summed E-state index contributed by atoms with van der Waals surface area (Å²) in [6, 6.07) is 0. The lowest BCUT2D eigenvalue weighted by Gasteiger charge is -2.29. The molecule has 0 aliphatic heterocycles. The van der Waals surface area contributed by atoms with Crippen LogP contribution in [0.4, 0.5) is 5.82 Å². The lowest BCUT2D eigenvalue weighted by molar-refractivity contribution is -0.149. The minimum atomic E-state index is -3.82. The van der Waals surface area contributed by atoms with Crippen LogP contribution >= 0.6 is 7.52 Å². The topological polar surface area (TPSA) is 156 Å². The van der Waals surface area contributed by atoms with Crippen molar-refractivity contribution in [3.63, 3.8) is 0 Å². The number of imidazole rings is 1. The smallest absolute Gasteiger partial charge is 0.365 e. The Morgan fingerprint density at radius 3 is 2.41 bits per heavy atom. The number of carbonyl (C=O) groups is 1. The molecular formula is C28H50N7O5P. The number of nitrogen functional groups attached to an aromatic ring is 1. The zero-order valence-corrected chi connectivity index (χ0v) is 26.9. The summed E-state index contributed by atoms with van der Waals surface area (Å²) in [7, 11) is -3.82. The third-order valence-corrected chi connectivity index (χ3v) is 7.93. The van der Waals surface area contributed by atoms with Gasteiger partial charge in [-0.1, -0.05) is 59.0 Å². The Hall–Kier alpha value is -2.56. The molecular weight excluding hydrogens is 545 g/mol. The summed E-state index contributed by atoms with van der Waals surface area (Å²) in [4.78, 5) is 25.4. The van der Waals surface area contributed by atoms with Crippen LogP contribution in [0.15, 0.2) is 17.8 Å². The van der Waals surface area contributed by atoms with Gasteiger partial charge in [0.2, 0.25) is 0 Å². The van der Waals surface area contributed by atoms with Gasteiger partial charge in [-0.2, -0.15) is 0 Å². The van der Waals surface area contributed by atoms with Crippen LogP contribution in [0.3, 0.4) is 0 Å². The van der Waals surface area contributed by atoms with Crippen molar-refractivity contribution in [2.75, 3.05) is 18.7 Å². The fraction of sp³-hybridized carbons (Fsp3) is 0.750. The number of carbonyl (C=O) groups excluding carboxylic acids is 1. The number of esters is 1. The highest BCUT2D eigenvalue weighted by atomic mass is 31.2. The number of unbranched alkanes of at least 4 members (excludes halogenated alkanes) is 3. The molecule has 0 radical (unpaired) electrons. The van der Waals surface area contributed by atoms with E-state index < -0.39 is 25.1 Å². The molecule has 0 saturated carbocycles. The summed E-state index contributed by atoms with van der Waals surface area (Å²) in [5, 5.41) is 7.24. The second-order valence-corrected chi connectivity index (χ2v) is 14.0. The van der Waals surface area contributed by atoms with E-state index in [0.717, 1.165) is 31.4 Å². The molecule has 0 aliphatic carbocycles. The minimum absolute atomic E-state index is 0.292. The number of nitrogens with one attached hydrogen (secondary N) is 1. The van der Waals surface area contributed by atoms with Crippen molar-refractivity contribution in [2.24, 2.45) is 17.0 Å². The van der Waals surface area contributed by atoms with Gasteiger partial charge in [0.25, 0.3) is 0 Å². The Labute approximate surface area is 244 Å². The van der Waals surface area contributed by atoms with Crippen LogP contribution in [0.5, 0.6) is 0 Å². The normalized spacial score (nSPS) is 14.3. The van der Waals surface area contributed by atoms with E-state index in [9.17, 15) is 9.36 Å². The highest BCUT2D eigenvalue weighted by Crippen LogP contribution is 2.46. The van der Waals surface area contributed by atoms with E-state index in [1.807, 2.05) is 6.92 Å². The zero-order chi connectivity index (χ0) is 30.6. The summed E-state index contributed by atoms with van der Waals surface area (Å²) in [6.45, 7) is 16.2. The van der Waals surface area contributed by atoms with Gasteiger partial charge in [-0.05, 0) is 51.9 Å². The second kappa shape index (κ2) is 16.2. The molecule has 0 bridgehead atoms. The molecule has 0 aliphatic rings. The third kappa shape index (κ3) is 11.7. The van der Waals surface area contributed by atoms with Crippen LogP contribution in [0.25, 0.3) is 11.2 Å². The van der Waals surface area contributed by atoms with E-state index >= 15 is 0 Å². The van der Waals surface area contributed by atoms with E-state index in [0.29, 0.717) is 54.8 Å². The zero-order valence-electron chi connectivity index (χ0n) is 26.1. The van der Waals surface area contributed by atoms with Gasteiger partial charge in [-0.3, -0.25) is 9.36 Å². The molecule has 3 N–H and O–H groups in total. The Morgan fingerprint density at radius 2 is 1.78 bits per heavy atom. The summed E-state index contributed by atoms with van der Waals surface area (Å²) in [5.41, 5.74) is 6.49. The van der Waals surface area contributed by atoms with Crippen molar-refractivity contribution < 1.29 is 23.5 Å². The van der Waals surface area contributed by atoms with Crippen molar-refractivity contribution in [2.45, 2.75) is 112 Å². The van der Waals surface area contributed by atoms with Gasteiger partial charge < -0.3 is 24.4 Å². The standard InChI is InChI=1S/C28H50N7O5P/c1-9-10-11-12-13-38-27(36)28(7,8)34-41(37,40-33-23(14-20(2)3)15-21(4)5)19-39-22(6)16-35-18-32-24-25(29)30-17-31-26(24)35/h17-18,20-22H,9-16,19H2,1-8H3,(H,34,37)(H2,29,30,31)/t22-,41?/m0/s1. The quantitative estimate of drug-likeness (QED) is 0.0657. The predicted octanol–water partition coefficient (Wildman–Crippen LogP) is 5.92. The first-order valence-corrected chi connectivity index (χ1v) is 16.4. The lowest BCUT2D eigenvalue weighted by Crippen LogP contribution is -2.47. The van der Waals surface area contributed by atoms with Crippen molar-refractivity contribution in [3.8, 4) is 0 Å². The highest BCUT2D eigenvalue weighted by molar-refractivity contribution is 7.56. The minimum Gasteiger partial charge on any atom is -0.464 e. The Bertz CT molecular complexity index is 1170. The van der Waals surface area contributed by atoms with Gasteiger partial charge in [0, 0.05) is 0 Å². The molecule has 13 heteroatoms. The Morgan fingerprint density at radius 1 is 1.10 bits per heavy atom. The average molecular weight is 596 g/mol. The van der Waals surface area contributed by atoms with Crippen LogP contribution in [-0.2, 0) is 30.0 Å². The van der Waals surface area contributed by atoms with E-state index in [2.05, 4.69) is 59.8 Å².